The number of ether oxygens (including phenoxy) is 1. The molecule has 1 amide bonds. The van der Waals surface area contributed by atoms with Gasteiger partial charge in [0.2, 0.25) is 5.88 Å². The number of primary amides is 1. The Morgan fingerprint density at radius 2 is 2.38 bits per heavy atom. The number of aromatic amines is 1. The molecule has 2 rings (SSSR count). The number of nitrogens with two attached hydrogens (primary N) is 1. The van der Waals surface area contributed by atoms with Gasteiger partial charge in [-0.05, 0) is 20.3 Å². The van der Waals surface area contributed by atoms with E-state index in [4.69, 9.17) is 15.7 Å². The average Bonchev–Trinajstić information content (AvgIpc) is 2.81. The Morgan fingerprint density at radius 1 is 1.62 bits per heavy atom. The van der Waals surface area contributed by atoms with Crippen LogP contribution in [-0.2, 0) is 11.2 Å². The third-order valence-corrected chi connectivity index (χ3v) is 2.71. The van der Waals surface area contributed by atoms with Crippen molar-refractivity contribution in [1.29, 1.82) is 5.26 Å². The number of rotatable bonds is 5. The summed E-state index contributed by atoms with van der Waals surface area (Å²) in [6.07, 6.45) is 5.10. The van der Waals surface area contributed by atoms with Crippen molar-refractivity contribution in [3.63, 3.8) is 0 Å². The number of H-pyrrole nitrogens is 1. The number of hydrogen-bond donors (Lipinski definition) is 2. The molecular formula is C14H15N5O2. The molecule has 21 heavy (non-hydrogen) atoms. The van der Waals surface area contributed by atoms with Gasteiger partial charge in [0.15, 0.2) is 5.65 Å². The number of nitriles is 1. The smallest absolute Gasteiger partial charge is 0.259 e. The Hall–Kier alpha value is -2.88. The maximum Gasteiger partial charge on any atom is 0.259 e. The summed E-state index contributed by atoms with van der Waals surface area (Å²) in [5.41, 5.74) is 7.08. The SMILES string of the molecule is CC(C)Oc1cnc2[nH]cc(C/C=C(\C#N)C(N)=O)c2n1. The van der Waals surface area contributed by atoms with Crippen LogP contribution >= 0.6 is 0 Å². The summed E-state index contributed by atoms with van der Waals surface area (Å²) in [6, 6.07) is 1.77. The van der Waals surface area contributed by atoms with Crippen LogP contribution in [0.1, 0.15) is 19.4 Å². The fourth-order valence-electron chi connectivity index (χ4n) is 1.79. The summed E-state index contributed by atoms with van der Waals surface area (Å²) >= 11 is 0. The summed E-state index contributed by atoms with van der Waals surface area (Å²) in [6.45, 7) is 3.80. The second-order valence-electron chi connectivity index (χ2n) is 4.68. The normalized spacial score (nSPS) is 11.6. The van der Waals surface area contributed by atoms with Crippen LogP contribution < -0.4 is 10.5 Å². The van der Waals surface area contributed by atoms with Crippen molar-refractivity contribution in [2.24, 2.45) is 5.73 Å². The molecule has 3 N–H and O–H groups in total. The minimum Gasteiger partial charge on any atom is -0.474 e. The lowest BCUT2D eigenvalue weighted by Crippen LogP contribution is -2.12. The van der Waals surface area contributed by atoms with Gasteiger partial charge in [0, 0.05) is 11.8 Å². The molecule has 0 fully saturated rings. The lowest BCUT2D eigenvalue weighted by molar-refractivity contribution is -0.114. The molecule has 2 aromatic heterocycles. The molecule has 0 aliphatic heterocycles. The fourth-order valence-corrected chi connectivity index (χ4v) is 1.79. The minimum atomic E-state index is -0.743. The van der Waals surface area contributed by atoms with Gasteiger partial charge in [-0.25, -0.2) is 9.97 Å². The largest absolute Gasteiger partial charge is 0.474 e. The van der Waals surface area contributed by atoms with E-state index in [1.165, 1.54) is 6.08 Å². The number of carbonyl (C=O) groups excluding carboxylic acids is 1. The number of nitrogens with zero attached hydrogens (tertiary/aromatic N) is 3. The number of allylic oxidation sites excluding steroid dienone is 1. The average molecular weight is 285 g/mol. The molecule has 7 heteroatoms. The van der Waals surface area contributed by atoms with Gasteiger partial charge in [0.05, 0.1) is 12.3 Å². The Balaban J connectivity index is 2.32. The Bertz CT molecular complexity index is 739. The highest BCUT2D eigenvalue weighted by molar-refractivity contribution is 5.95. The molecule has 7 nitrogen and oxygen atoms in total. The van der Waals surface area contributed by atoms with Crippen LogP contribution in [0.25, 0.3) is 11.2 Å². The van der Waals surface area contributed by atoms with Gasteiger partial charge in [-0.1, -0.05) is 6.08 Å². The molecule has 0 spiro atoms. The highest BCUT2D eigenvalue weighted by Gasteiger charge is 2.10. The summed E-state index contributed by atoms with van der Waals surface area (Å²) in [7, 11) is 0. The van der Waals surface area contributed by atoms with Crippen LogP contribution in [0.2, 0.25) is 0 Å². The molecule has 0 bridgehead atoms. The zero-order chi connectivity index (χ0) is 15.4. The van der Waals surface area contributed by atoms with E-state index in [-0.39, 0.29) is 11.7 Å². The Kier molecular flexibility index (Phi) is 4.18. The van der Waals surface area contributed by atoms with Crippen molar-refractivity contribution in [1.82, 2.24) is 15.0 Å². The molecule has 2 heterocycles. The van der Waals surface area contributed by atoms with E-state index in [2.05, 4.69) is 15.0 Å². The van der Waals surface area contributed by atoms with Crippen LogP contribution in [0.15, 0.2) is 24.0 Å². The first-order valence-corrected chi connectivity index (χ1v) is 6.41. The van der Waals surface area contributed by atoms with Crippen molar-refractivity contribution < 1.29 is 9.53 Å². The van der Waals surface area contributed by atoms with Crippen molar-refractivity contribution in [2.45, 2.75) is 26.4 Å². The summed E-state index contributed by atoms with van der Waals surface area (Å²) in [4.78, 5) is 22.6. The maximum absolute atomic E-state index is 11.0. The van der Waals surface area contributed by atoms with E-state index < -0.39 is 5.91 Å². The van der Waals surface area contributed by atoms with Crippen molar-refractivity contribution in [3.05, 3.63) is 29.6 Å². The first kappa shape index (κ1) is 14.5. The van der Waals surface area contributed by atoms with Crippen LogP contribution in [0, 0.1) is 11.3 Å². The van der Waals surface area contributed by atoms with E-state index in [1.54, 1.807) is 18.5 Å². The molecule has 0 saturated heterocycles. The number of amides is 1. The Morgan fingerprint density at radius 3 is 3.00 bits per heavy atom. The molecule has 0 radical (unpaired) electrons. The van der Waals surface area contributed by atoms with Crippen LogP contribution in [0.5, 0.6) is 5.88 Å². The summed E-state index contributed by atoms with van der Waals surface area (Å²) in [5, 5.41) is 8.81. The van der Waals surface area contributed by atoms with Crippen molar-refractivity contribution in [2.75, 3.05) is 0 Å². The fraction of sp³-hybridized carbons (Fsp3) is 0.286. The van der Waals surface area contributed by atoms with Gasteiger partial charge >= 0.3 is 0 Å². The lowest BCUT2D eigenvalue weighted by atomic mass is 10.1. The lowest BCUT2D eigenvalue weighted by Gasteiger charge is -2.07. The van der Waals surface area contributed by atoms with Gasteiger partial charge in [-0.3, -0.25) is 4.79 Å². The van der Waals surface area contributed by atoms with Crippen LogP contribution in [-0.4, -0.2) is 27.0 Å². The molecule has 0 aliphatic carbocycles. The zero-order valence-corrected chi connectivity index (χ0v) is 11.8. The topological polar surface area (TPSA) is 118 Å². The molecular weight excluding hydrogens is 270 g/mol. The quantitative estimate of drug-likeness (QED) is 0.632. The van der Waals surface area contributed by atoms with E-state index in [0.29, 0.717) is 23.5 Å². The molecule has 0 saturated carbocycles. The summed E-state index contributed by atoms with van der Waals surface area (Å²) < 4.78 is 5.50. The highest BCUT2D eigenvalue weighted by atomic mass is 16.5. The Labute approximate surface area is 121 Å². The first-order chi connectivity index (χ1) is 10.0. The highest BCUT2D eigenvalue weighted by Crippen LogP contribution is 2.19. The standard InChI is InChI=1S/C14H15N5O2/c1-8(2)21-11-7-18-14-12(19-11)10(6-17-14)4-3-9(5-15)13(16)20/h3,6-8H,4H2,1-2H3,(H2,16,20)(H,17,18)/b9-3+. The van der Waals surface area contributed by atoms with Crippen molar-refractivity contribution >= 4 is 17.1 Å². The zero-order valence-electron chi connectivity index (χ0n) is 11.8. The van der Waals surface area contributed by atoms with Gasteiger partial charge in [-0.15, -0.1) is 0 Å². The predicted octanol–water partition coefficient (Wildman–Crippen LogP) is 1.22. The second-order valence-corrected chi connectivity index (χ2v) is 4.68. The number of carbonyl (C=O) groups is 1. The summed E-state index contributed by atoms with van der Waals surface area (Å²) in [5.74, 6) is -0.315. The van der Waals surface area contributed by atoms with E-state index in [0.717, 1.165) is 5.56 Å². The van der Waals surface area contributed by atoms with E-state index in [1.807, 2.05) is 13.8 Å². The van der Waals surface area contributed by atoms with Crippen LogP contribution in [0.3, 0.4) is 0 Å². The first-order valence-electron chi connectivity index (χ1n) is 6.41. The number of aromatic nitrogens is 3. The number of hydrogen-bond acceptors (Lipinski definition) is 5. The number of nitrogens with one attached hydrogen (secondary N) is 1. The maximum atomic E-state index is 11.0. The molecule has 0 aromatic carbocycles. The van der Waals surface area contributed by atoms with Gasteiger partial charge in [-0.2, -0.15) is 5.26 Å². The van der Waals surface area contributed by atoms with Crippen molar-refractivity contribution in [3.8, 4) is 11.9 Å². The van der Waals surface area contributed by atoms with Gasteiger partial charge in [0.25, 0.3) is 5.91 Å². The molecule has 0 aliphatic rings. The predicted molar refractivity (Wildman–Crippen MR) is 76.2 cm³/mol. The molecule has 0 atom stereocenters. The number of fused-ring (bicyclic) bond motifs is 1. The minimum absolute atomic E-state index is 0.000842. The third kappa shape index (κ3) is 3.36. The van der Waals surface area contributed by atoms with Gasteiger partial charge < -0.3 is 15.5 Å². The molecule has 0 unspecified atom stereocenters. The molecule has 2 aromatic rings. The third-order valence-electron chi connectivity index (χ3n) is 2.71. The van der Waals surface area contributed by atoms with Crippen LogP contribution in [0.4, 0.5) is 0 Å². The second kappa shape index (κ2) is 6.05. The van der Waals surface area contributed by atoms with E-state index >= 15 is 0 Å². The molecule has 108 valence electrons. The monoisotopic (exact) mass is 285 g/mol. The van der Waals surface area contributed by atoms with E-state index in [9.17, 15) is 4.79 Å². The van der Waals surface area contributed by atoms with Gasteiger partial charge in [0.1, 0.15) is 17.2 Å².